The summed E-state index contributed by atoms with van der Waals surface area (Å²) in [5, 5.41) is 0. The van der Waals surface area contributed by atoms with Crippen molar-refractivity contribution in [2.24, 2.45) is 5.92 Å². The van der Waals surface area contributed by atoms with Gasteiger partial charge in [0.25, 0.3) is 0 Å². The second kappa shape index (κ2) is 3.61. The third-order valence-corrected chi connectivity index (χ3v) is 3.63. The van der Waals surface area contributed by atoms with Crippen LogP contribution >= 0.6 is 0 Å². The van der Waals surface area contributed by atoms with Gasteiger partial charge in [-0.05, 0) is 12.1 Å². The van der Waals surface area contributed by atoms with Gasteiger partial charge in [0.15, 0.2) is 0 Å². The molecule has 17 heavy (non-hydrogen) atoms. The minimum atomic E-state index is -0.351. The predicted octanol–water partition coefficient (Wildman–Crippen LogP) is 1.75. The Morgan fingerprint density at radius 2 is 2.24 bits per heavy atom. The van der Waals surface area contributed by atoms with Gasteiger partial charge in [-0.15, -0.1) is 0 Å². The molecule has 1 aromatic rings. The number of carbonyl (C=O) groups is 2. The second-order valence-electron chi connectivity index (χ2n) is 4.54. The molecule has 0 aliphatic carbocycles. The molecule has 1 amide bonds. The quantitative estimate of drug-likeness (QED) is 0.744. The van der Waals surface area contributed by atoms with Gasteiger partial charge in [-0.1, -0.05) is 6.92 Å². The summed E-state index contributed by atoms with van der Waals surface area (Å²) in [6.07, 6.45) is 1.50. The maximum absolute atomic E-state index is 11.9. The van der Waals surface area contributed by atoms with Crippen molar-refractivity contribution in [1.82, 2.24) is 4.90 Å². The average molecular weight is 235 g/mol. The van der Waals surface area contributed by atoms with Crippen LogP contribution < -0.4 is 0 Å². The smallest absolute Gasteiger partial charge is 0.410 e. The predicted molar refractivity (Wildman–Crippen MR) is 57.2 cm³/mol. The van der Waals surface area contributed by atoms with Gasteiger partial charge in [0.05, 0.1) is 12.3 Å². The molecular formula is C12H13NO4. The molecule has 0 bridgehead atoms. The zero-order valence-electron chi connectivity index (χ0n) is 9.46. The molecule has 2 aliphatic heterocycles. The van der Waals surface area contributed by atoms with E-state index in [4.69, 9.17) is 9.15 Å². The van der Waals surface area contributed by atoms with Crippen LogP contribution in [0.3, 0.4) is 0 Å². The Balaban J connectivity index is 1.98. The zero-order chi connectivity index (χ0) is 12.0. The lowest BCUT2D eigenvalue weighted by molar-refractivity contribution is -0.128. The average Bonchev–Trinajstić information content (AvgIpc) is 2.93. The van der Waals surface area contributed by atoms with E-state index in [9.17, 15) is 9.59 Å². The van der Waals surface area contributed by atoms with Gasteiger partial charge < -0.3 is 9.15 Å². The van der Waals surface area contributed by atoms with Gasteiger partial charge in [0.1, 0.15) is 24.2 Å². The number of Topliss-reactive ketones (excluding diaryl/α,β-unsaturated/α-hetero) is 1. The van der Waals surface area contributed by atoms with Crippen molar-refractivity contribution in [1.29, 1.82) is 0 Å². The minimum absolute atomic E-state index is 0.154. The first-order valence-electron chi connectivity index (χ1n) is 5.69. The van der Waals surface area contributed by atoms with Crippen molar-refractivity contribution in [3.8, 4) is 0 Å². The molecule has 5 nitrogen and oxygen atoms in total. The molecule has 1 aromatic heterocycles. The number of rotatable bonds is 1. The number of furan rings is 1. The van der Waals surface area contributed by atoms with E-state index < -0.39 is 0 Å². The van der Waals surface area contributed by atoms with Crippen LogP contribution in [0.2, 0.25) is 0 Å². The van der Waals surface area contributed by atoms with Crippen LogP contribution in [-0.4, -0.2) is 29.4 Å². The molecule has 2 fully saturated rings. The molecule has 0 N–H and O–H groups in total. The van der Waals surface area contributed by atoms with Gasteiger partial charge in [-0.2, -0.15) is 0 Å². The van der Waals surface area contributed by atoms with Gasteiger partial charge in [0, 0.05) is 12.3 Å². The van der Waals surface area contributed by atoms with E-state index in [0.717, 1.165) is 0 Å². The maximum atomic E-state index is 11.9. The Kier molecular flexibility index (Phi) is 2.21. The molecule has 3 atom stereocenters. The van der Waals surface area contributed by atoms with E-state index in [2.05, 4.69) is 0 Å². The fourth-order valence-corrected chi connectivity index (χ4v) is 2.60. The number of amides is 1. The molecule has 3 rings (SSSR count). The van der Waals surface area contributed by atoms with Crippen LogP contribution in [0.15, 0.2) is 22.8 Å². The van der Waals surface area contributed by atoms with Crippen LogP contribution in [0.1, 0.15) is 25.1 Å². The summed E-state index contributed by atoms with van der Waals surface area (Å²) in [6.45, 7) is 2.14. The van der Waals surface area contributed by atoms with Crippen LogP contribution in [0.25, 0.3) is 0 Å². The minimum Gasteiger partial charge on any atom is -0.467 e. The van der Waals surface area contributed by atoms with E-state index >= 15 is 0 Å². The zero-order valence-corrected chi connectivity index (χ0v) is 9.46. The number of cyclic esters (lactones) is 1. The normalized spacial score (nSPS) is 32.5. The summed E-state index contributed by atoms with van der Waals surface area (Å²) in [4.78, 5) is 25.3. The van der Waals surface area contributed by atoms with E-state index in [1.54, 1.807) is 23.3 Å². The topological polar surface area (TPSA) is 59.8 Å². The molecule has 0 aromatic carbocycles. The summed E-state index contributed by atoms with van der Waals surface area (Å²) in [5.74, 6) is 0.646. The molecule has 0 unspecified atom stereocenters. The summed E-state index contributed by atoms with van der Waals surface area (Å²) < 4.78 is 10.4. The van der Waals surface area contributed by atoms with Crippen LogP contribution in [-0.2, 0) is 9.53 Å². The first-order valence-corrected chi connectivity index (χ1v) is 5.69. The lowest BCUT2D eigenvalue weighted by atomic mass is 9.86. The standard InChI is InChI=1S/C12H13NO4/c1-7-9-6-17-12(15)13(9)8(5-10(7)14)11-3-2-4-16-11/h2-4,7-9H,5-6H2,1H3/t7-,8-,9-/m1/s1. The number of fused-ring (bicyclic) bond motifs is 1. The third kappa shape index (κ3) is 1.45. The molecule has 0 saturated carbocycles. The highest BCUT2D eigenvalue weighted by molar-refractivity contribution is 5.86. The summed E-state index contributed by atoms with van der Waals surface area (Å²) in [7, 11) is 0. The lowest BCUT2D eigenvalue weighted by Gasteiger charge is -2.36. The van der Waals surface area contributed by atoms with E-state index in [1.165, 1.54) is 0 Å². The van der Waals surface area contributed by atoms with E-state index in [-0.39, 0.29) is 29.9 Å². The van der Waals surface area contributed by atoms with Crippen molar-refractivity contribution in [2.45, 2.75) is 25.4 Å². The van der Waals surface area contributed by atoms with Crippen LogP contribution in [0.4, 0.5) is 4.79 Å². The van der Waals surface area contributed by atoms with Gasteiger partial charge in [-0.25, -0.2) is 4.79 Å². The Bertz CT molecular complexity index is 451. The van der Waals surface area contributed by atoms with Gasteiger partial charge in [0.2, 0.25) is 0 Å². The first-order chi connectivity index (χ1) is 8.18. The molecule has 90 valence electrons. The highest BCUT2D eigenvalue weighted by Crippen LogP contribution is 2.38. The Morgan fingerprint density at radius 1 is 1.41 bits per heavy atom. The molecule has 2 saturated heterocycles. The van der Waals surface area contributed by atoms with Crippen molar-refractivity contribution in [3.63, 3.8) is 0 Å². The van der Waals surface area contributed by atoms with Crippen LogP contribution in [0.5, 0.6) is 0 Å². The number of piperidine rings is 1. The SMILES string of the molecule is C[C@H]1C(=O)C[C@H](c2ccco2)N2C(=O)OC[C@H]12. The Morgan fingerprint density at radius 3 is 2.94 bits per heavy atom. The van der Waals surface area contributed by atoms with Gasteiger partial charge >= 0.3 is 6.09 Å². The highest BCUT2D eigenvalue weighted by atomic mass is 16.6. The lowest BCUT2D eigenvalue weighted by Crippen LogP contribution is -2.48. The van der Waals surface area contributed by atoms with E-state index in [1.807, 2.05) is 6.92 Å². The van der Waals surface area contributed by atoms with Gasteiger partial charge in [-0.3, -0.25) is 9.69 Å². The molecule has 0 spiro atoms. The summed E-state index contributed by atoms with van der Waals surface area (Å²) in [5.41, 5.74) is 0. The first kappa shape index (κ1) is 10.4. The third-order valence-electron chi connectivity index (χ3n) is 3.63. The molecule has 2 aliphatic rings. The van der Waals surface area contributed by atoms with Crippen LogP contribution in [0, 0.1) is 5.92 Å². The van der Waals surface area contributed by atoms with Crippen molar-refractivity contribution in [3.05, 3.63) is 24.2 Å². The number of ketones is 1. The second-order valence-corrected chi connectivity index (χ2v) is 4.54. The highest BCUT2D eigenvalue weighted by Gasteiger charge is 2.49. The molecular weight excluding hydrogens is 222 g/mol. The number of hydrogen-bond acceptors (Lipinski definition) is 4. The van der Waals surface area contributed by atoms with Crippen molar-refractivity contribution >= 4 is 11.9 Å². The molecule has 3 heterocycles. The molecule has 0 radical (unpaired) electrons. The van der Waals surface area contributed by atoms with Crippen molar-refractivity contribution < 1.29 is 18.7 Å². The number of ether oxygens (including phenoxy) is 1. The summed E-state index contributed by atoms with van der Waals surface area (Å²) in [6, 6.07) is 3.08. The Labute approximate surface area is 98.3 Å². The number of nitrogens with zero attached hydrogens (tertiary/aromatic N) is 1. The number of hydrogen-bond donors (Lipinski definition) is 0. The fraction of sp³-hybridized carbons (Fsp3) is 0.500. The van der Waals surface area contributed by atoms with Crippen molar-refractivity contribution in [2.75, 3.05) is 6.61 Å². The number of carbonyl (C=O) groups excluding carboxylic acids is 2. The fourth-order valence-electron chi connectivity index (χ4n) is 2.60. The van der Waals surface area contributed by atoms with E-state index in [0.29, 0.717) is 18.8 Å². The molecule has 5 heteroatoms. The largest absolute Gasteiger partial charge is 0.467 e. The maximum Gasteiger partial charge on any atom is 0.410 e. The monoisotopic (exact) mass is 235 g/mol. The Hall–Kier alpha value is -1.78. The summed E-state index contributed by atoms with van der Waals surface area (Å²) >= 11 is 0.